The zero-order valence-electron chi connectivity index (χ0n) is 13.5. The maximum atomic E-state index is 12.0. The molecule has 0 aromatic carbocycles. The number of hydrogen-bond donors (Lipinski definition) is 0. The van der Waals surface area contributed by atoms with Crippen LogP contribution in [-0.4, -0.2) is 39.9 Å². The van der Waals surface area contributed by atoms with Crippen LogP contribution in [0.3, 0.4) is 0 Å². The van der Waals surface area contributed by atoms with Crippen LogP contribution in [0.15, 0.2) is 4.42 Å². The Morgan fingerprint density at radius 1 is 1.29 bits per heavy atom. The molecule has 1 aliphatic heterocycles. The fraction of sp³-hybridized carbons (Fsp3) is 0.800. The molecule has 118 valence electrons. The Hall–Kier alpha value is -1.59. The van der Waals surface area contributed by atoms with Gasteiger partial charge in [0.05, 0.1) is 0 Å². The fourth-order valence-electron chi connectivity index (χ4n) is 2.28. The third-order valence-corrected chi connectivity index (χ3v) is 3.45. The molecule has 0 unspecified atom stereocenters. The zero-order chi connectivity index (χ0) is 15.6. The van der Waals surface area contributed by atoms with Crippen LogP contribution < -0.4 is 0 Å². The summed E-state index contributed by atoms with van der Waals surface area (Å²) in [6.07, 6.45) is 1.42. The van der Waals surface area contributed by atoms with Gasteiger partial charge in [-0.15, -0.1) is 10.2 Å². The minimum Gasteiger partial charge on any atom is -0.444 e. The van der Waals surface area contributed by atoms with Crippen molar-refractivity contribution in [2.24, 2.45) is 0 Å². The molecule has 1 fully saturated rings. The normalized spacial score (nSPS) is 17.3. The van der Waals surface area contributed by atoms with Crippen LogP contribution in [0.1, 0.15) is 71.1 Å². The van der Waals surface area contributed by atoms with E-state index in [1.165, 1.54) is 0 Å². The van der Waals surface area contributed by atoms with E-state index in [1.54, 1.807) is 4.90 Å². The Kier molecular flexibility index (Phi) is 4.54. The maximum Gasteiger partial charge on any atom is 0.410 e. The smallest absolute Gasteiger partial charge is 0.410 e. The van der Waals surface area contributed by atoms with Crippen LogP contribution in [0.4, 0.5) is 4.79 Å². The standard InChI is InChI=1S/C15H25N3O3/c1-10(2)12-16-17-13(20-12)11-6-8-18(9-7-11)14(19)21-15(3,4)5/h10-11H,6-9H2,1-5H3. The summed E-state index contributed by atoms with van der Waals surface area (Å²) in [6, 6.07) is 0. The van der Waals surface area contributed by atoms with Gasteiger partial charge in [-0.25, -0.2) is 4.79 Å². The Balaban J connectivity index is 1.89. The Labute approximate surface area is 125 Å². The highest BCUT2D eigenvalue weighted by Crippen LogP contribution is 2.28. The van der Waals surface area contributed by atoms with Crippen LogP contribution in [0.25, 0.3) is 0 Å². The highest BCUT2D eigenvalue weighted by atomic mass is 16.6. The number of amides is 1. The Bertz CT molecular complexity index is 483. The van der Waals surface area contributed by atoms with Gasteiger partial charge in [0.2, 0.25) is 11.8 Å². The van der Waals surface area contributed by atoms with E-state index in [0.717, 1.165) is 12.8 Å². The van der Waals surface area contributed by atoms with Gasteiger partial charge < -0.3 is 14.1 Å². The number of nitrogens with zero attached hydrogens (tertiary/aromatic N) is 3. The minimum absolute atomic E-state index is 0.240. The Morgan fingerprint density at radius 2 is 1.90 bits per heavy atom. The van der Waals surface area contributed by atoms with Gasteiger partial charge >= 0.3 is 6.09 Å². The molecular weight excluding hydrogens is 270 g/mol. The molecule has 1 aliphatic rings. The van der Waals surface area contributed by atoms with E-state index in [2.05, 4.69) is 10.2 Å². The van der Waals surface area contributed by atoms with Crippen molar-refractivity contribution < 1.29 is 13.9 Å². The van der Waals surface area contributed by atoms with Crippen LogP contribution in [0.5, 0.6) is 0 Å². The number of ether oxygens (including phenoxy) is 1. The lowest BCUT2D eigenvalue weighted by molar-refractivity contribution is 0.0199. The van der Waals surface area contributed by atoms with E-state index >= 15 is 0 Å². The predicted octanol–water partition coefficient (Wildman–Crippen LogP) is 3.31. The molecule has 2 heterocycles. The first kappa shape index (κ1) is 15.8. The summed E-state index contributed by atoms with van der Waals surface area (Å²) >= 11 is 0. The number of rotatable bonds is 2. The third-order valence-electron chi connectivity index (χ3n) is 3.45. The SMILES string of the molecule is CC(C)c1nnc(C2CCN(C(=O)OC(C)(C)C)CC2)o1. The molecule has 0 bridgehead atoms. The summed E-state index contributed by atoms with van der Waals surface area (Å²) in [5.74, 6) is 1.86. The molecule has 0 saturated carbocycles. The molecule has 1 saturated heterocycles. The van der Waals surface area contributed by atoms with Crippen molar-refractivity contribution in [2.75, 3.05) is 13.1 Å². The van der Waals surface area contributed by atoms with Gasteiger partial charge in [0.25, 0.3) is 0 Å². The summed E-state index contributed by atoms with van der Waals surface area (Å²) in [5, 5.41) is 8.21. The monoisotopic (exact) mass is 295 g/mol. The van der Waals surface area contributed by atoms with E-state index in [0.29, 0.717) is 24.9 Å². The van der Waals surface area contributed by atoms with Gasteiger partial charge in [-0.05, 0) is 33.6 Å². The molecule has 1 amide bonds. The van der Waals surface area contributed by atoms with Gasteiger partial charge in [0.15, 0.2) is 0 Å². The van der Waals surface area contributed by atoms with Crippen LogP contribution in [0, 0.1) is 0 Å². The Morgan fingerprint density at radius 3 is 2.38 bits per heavy atom. The average molecular weight is 295 g/mol. The lowest BCUT2D eigenvalue weighted by atomic mass is 9.97. The first-order chi connectivity index (χ1) is 9.76. The summed E-state index contributed by atoms with van der Waals surface area (Å²) in [5.41, 5.74) is -0.452. The summed E-state index contributed by atoms with van der Waals surface area (Å²) in [6.45, 7) is 11.0. The van der Waals surface area contributed by atoms with E-state index in [9.17, 15) is 4.79 Å². The quantitative estimate of drug-likeness (QED) is 0.837. The van der Waals surface area contributed by atoms with E-state index < -0.39 is 5.60 Å². The van der Waals surface area contributed by atoms with Crippen LogP contribution in [0.2, 0.25) is 0 Å². The van der Waals surface area contributed by atoms with E-state index in [4.69, 9.17) is 9.15 Å². The van der Waals surface area contributed by atoms with Crippen molar-refractivity contribution in [1.29, 1.82) is 0 Å². The molecule has 0 spiro atoms. The molecule has 21 heavy (non-hydrogen) atoms. The lowest BCUT2D eigenvalue weighted by Crippen LogP contribution is -2.41. The molecule has 0 aliphatic carbocycles. The second-order valence-corrected chi connectivity index (χ2v) is 6.87. The number of hydrogen-bond acceptors (Lipinski definition) is 5. The van der Waals surface area contributed by atoms with Gasteiger partial charge in [0, 0.05) is 24.9 Å². The van der Waals surface area contributed by atoms with Gasteiger partial charge in [-0.3, -0.25) is 0 Å². The van der Waals surface area contributed by atoms with Gasteiger partial charge in [0.1, 0.15) is 5.60 Å². The molecule has 1 aromatic heterocycles. The number of carbonyl (C=O) groups is 1. The summed E-state index contributed by atoms with van der Waals surface area (Å²) < 4.78 is 11.1. The summed E-state index contributed by atoms with van der Waals surface area (Å²) in [4.78, 5) is 13.8. The topological polar surface area (TPSA) is 68.5 Å². The number of likely N-dealkylation sites (tertiary alicyclic amines) is 1. The number of aromatic nitrogens is 2. The molecule has 0 atom stereocenters. The number of piperidine rings is 1. The van der Waals surface area contributed by atoms with Crippen molar-refractivity contribution in [2.45, 2.75) is 64.9 Å². The highest BCUT2D eigenvalue weighted by molar-refractivity contribution is 5.68. The molecule has 6 nitrogen and oxygen atoms in total. The van der Waals surface area contributed by atoms with E-state index in [1.807, 2.05) is 34.6 Å². The van der Waals surface area contributed by atoms with Gasteiger partial charge in [-0.2, -0.15) is 0 Å². The van der Waals surface area contributed by atoms with Crippen molar-refractivity contribution in [3.05, 3.63) is 11.8 Å². The largest absolute Gasteiger partial charge is 0.444 e. The average Bonchev–Trinajstić information content (AvgIpc) is 2.86. The predicted molar refractivity (Wildman–Crippen MR) is 78.2 cm³/mol. The van der Waals surface area contributed by atoms with Crippen molar-refractivity contribution in [3.8, 4) is 0 Å². The zero-order valence-corrected chi connectivity index (χ0v) is 13.5. The lowest BCUT2D eigenvalue weighted by Gasteiger charge is -2.32. The van der Waals surface area contributed by atoms with Crippen molar-refractivity contribution in [3.63, 3.8) is 0 Å². The van der Waals surface area contributed by atoms with Crippen LogP contribution in [-0.2, 0) is 4.74 Å². The second-order valence-electron chi connectivity index (χ2n) is 6.87. The fourth-order valence-corrected chi connectivity index (χ4v) is 2.28. The molecule has 0 N–H and O–H groups in total. The minimum atomic E-state index is -0.452. The molecular formula is C15H25N3O3. The van der Waals surface area contributed by atoms with Gasteiger partial charge in [-0.1, -0.05) is 13.8 Å². The van der Waals surface area contributed by atoms with Crippen molar-refractivity contribution >= 4 is 6.09 Å². The molecule has 6 heteroatoms. The first-order valence-corrected chi connectivity index (χ1v) is 7.57. The maximum absolute atomic E-state index is 12.0. The first-order valence-electron chi connectivity index (χ1n) is 7.57. The number of carbonyl (C=O) groups excluding carboxylic acids is 1. The molecule has 2 rings (SSSR count). The third kappa shape index (κ3) is 4.19. The second kappa shape index (κ2) is 6.03. The van der Waals surface area contributed by atoms with E-state index in [-0.39, 0.29) is 17.9 Å². The molecule has 1 aromatic rings. The van der Waals surface area contributed by atoms with Crippen LogP contribution >= 0.6 is 0 Å². The molecule has 0 radical (unpaired) electrons. The van der Waals surface area contributed by atoms with Crippen molar-refractivity contribution in [1.82, 2.24) is 15.1 Å². The summed E-state index contributed by atoms with van der Waals surface area (Å²) in [7, 11) is 0. The highest BCUT2D eigenvalue weighted by Gasteiger charge is 2.30.